The van der Waals surface area contributed by atoms with Crippen molar-refractivity contribution in [2.45, 2.75) is 19.9 Å². The van der Waals surface area contributed by atoms with Crippen LogP contribution in [0.15, 0.2) is 0 Å². The molecule has 2 heterocycles. The first-order valence-electron chi connectivity index (χ1n) is 5.38. The van der Waals surface area contributed by atoms with Crippen molar-refractivity contribution in [1.82, 2.24) is 19.7 Å². The van der Waals surface area contributed by atoms with Crippen molar-refractivity contribution in [2.24, 2.45) is 13.0 Å². The van der Waals surface area contributed by atoms with Gasteiger partial charge in [-0.1, -0.05) is 0 Å². The highest BCUT2D eigenvalue weighted by molar-refractivity contribution is 5.70. The maximum Gasteiger partial charge on any atom is 0.307 e. The zero-order chi connectivity index (χ0) is 11.7. The Morgan fingerprint density at radius 1 is 1.56 bits per heavy atom. The predicted octanol–water partition coefficient (Wildman–Crippen LogP) is 0.0300. The number of hydrogen-bond acceptors (Lipinski definition) is 4. The third-order valence-electron chi connectivity index (χ3n) is 3.17. The van der Waals surface area contributed by atoms with E-state index in [1.54, 1.807) is 0 Å². The van der Waals surface area contributed by atoms with Gasteiger partial charge in [-0.3, -0.25) is 9.69 Å². The summed E-state index contributed by atoms with van der Waals surface area (Å²) in [5.41, 5.74) is 0. The van der Waals surface area contributed by atoms with Gasteiger partial charge < -0.3 is 9.67 Å². The van der Waals surface area contributed by atoms with Crippen molar-refractivity contribution in [3.8, 4) is 0 Å². The normalized spacial score (nSPS) is 21.5. The van der Waals surface area contributed by atoms with Gasteiger partial charge in [-0.2, -0.15) is 0 Å². The zero-order valence-corrected chi connectivity index (χ0v) is 9.55. The van der Waals surface area contributed by atoms with Crippen LogP contribution in [0.4, 0.5) is 0 Å². The van der Waals surface area contributed by atoms with E-state index in [-0.39, 0.29) is 5.92 Å². The molecule has 0 aromatic carbocycles. The number of aromatic nitrogens is 3. The Morgan fingerprint density at radius 3 is 2.81 bits per heavy atom. The number of rotatable bonds is 3. The highest BCUT2D eigenvalue weighted by Crippen LogP contribution is 2.18. The summed E-state index contributed by atoms with van der Waals surface area (Å²) in [6.45, 7) is 4.02. The summed E-state index contributed by atoms with van der Waals surface area (Å²) >= 11 is 0. The first-order chi connectivity index (χ1) is 7.58. The maximum atomic E-state index is 10.8. The van der Waals surface area contributed by atoms with E-state index in [1.807, 2.05) is 18.5 Å². The van der Waals surface area contributed by atoms with Gasteiger partial charge in [0.2, 0.25) is 0 Å². The molecule has 0 amide bonds. The fourth-order valence-electron chi connectivity index (χ4n) is 1.97. The molecule has 6 heteroatoms. The minimum absolute atomic E-state index is 0.227. The Hall–Kier alpha value is -1.43. The average Bonchev–Trinajstić information content (AvgIpc) is 2.81. The van der Waals surface area contributed by atoms with E-state index in [0.29, 0.717) is 13.1 Å². The van der Waals surface area contributed by atoms with Crippen LogP contribution in [-0.4, -0.2) is 43.8 Å². The third-order valence-corrected chi connectivity index (χ3v) is 3.17. The molecule has 1 aliphatic heterocycles. The van der Waals surface area contributed by atoms with Crippen LogP contribution in [0.2, 0.25) is 0 Å². The molecule has 2 rings (SSSR count). The van der Waals surface area contributed by atoms with Gasteiger partial charge in [-0.25, -0.2) is 0 Å². The molecule has 16 heavy (non-hydrogen) atoms. The molecule has 1 aliphatic rings. The molecule has 6 nitrogen and oxygen atoms in total. The highest BCUT2D eigenvalue weighted by Gasteiger charge is 2.28. The average molecular weight is 224 g/mol. The smallest absolute Gasteiger partial charge is 0.307 e. The minimum atomic E-state index is -0.698. The lowest BCUT2D eigenvalue weighted by Gasteiger charge is -2.14. The summed E-state index contributed by atoms with van der Waals surface area (Å²) < 4.78 is 1.94. The van der Waals surface area contributed by atoms with Crippen LogP contribution in [0.1, 0.15) is 18.1 Å². The van der Waals surface area contributed by atoms with Crippen LogP contribution < -0.4 is 0 Å². The zero-order valence-electron chi connectivity index (χ0n) is 9.55. The van der Waals surface area contributed by atoms with Crippen LogP contribution >= 0.6 is 0 Å². The number of carbonyl (C=O) groups is 1. The predicted molar refractivity (Wildman–Crippen MR) is 56.8 cm³/mol. The first kappa shape index (κ1) is 11.1. The molecule has 1 fully saturated rings. The van der Waals surface area contributed by atoms with Gasteiger partial charge in [-0.15, -0.1) is 10.2 Å². The summed E-state index contributed by atoms with van der Waals surface area (Å²) in [5.74, 6) is 0.846. The van der Waals surface area contributed by atoms with Crippen molar-refractivity contribution in [3.05, 3.63) is 11.6 Å². The van der Waals surface area contributed by atoms with Crippen molar-refractivity contribution in [2.75, 3.05) is 13.1 Å². The number of carboxylic acid groups (broad SMARTS) is 1. The van der Waals surface area contributed by atoms with Gasteiger partial charge in [0, 0.05) is 13.6 Å². The summed E-state index contributed by atoms with van der Waals surface area (Å²) in [5, 5.41) is 17.0. The van der Waals surface area contributed by atoms with Crippen LogP contribution in [0.25, 0.3) is 0 Å². The fourth-order valence-corrected chi connectivity index (χ4v) is 1.97. The van der Waals surface area contributed by atoms with Gasteiger partial charge in [0.25, 0.3) is 0 Å². The SMILES string of the molecule is Cc1nnc(CN2CCC(C(=O)O)C2)n1C. The number of nitrogens with zero attached hydrogens (tertiary/aromatic N) is 4. The second-order valence-electron chi connectivity index (χ2n) is 4.28. The van der Waals surface area contributed by atoms with Crippen LogP contribution in [0, 0.1) is 12.8 Å². The summed E-state index contributed by atoms with van der Waals surface area (Å²) in [6.07, 6.45) is 0.728. The van der Waals surface area contributed by atoms with Crippen molar-refractivity contribution in [1.29, 1.82) is 0 Å². The molecule has 1 N–H and O–H groups in total. The molecule has 0 bridgehead atoms. The van der Waals surface area contributed by atoms with Crippen molar-refractivity contribution < 1.29 is 9.90 Å². The van der Waals surface area contributed by atoms with E-state index in [4.69, 9.17) is 5.11 Å². The molecule has 0 aliphatic carbocycles. The molecule has 0 spiro atoms. The van der Waals surface area contributed by atoms with Crippen LogP contribution in [-0.2, 0) is 18.4 Å². The summed E-state index contributed by atoms with van der Waals surface area (Å²) in [6, 6.07) is 0. The number of likely N-dealkylation sites (tertiary alicyclic amines) is 1. The van der Waals surface area contributed by atoms with E-state index >= 15 is 0 Å². The van der Waals surface area contributed by atoms with E-state index in [1.165, 1.54) is 0 Å². The first-order valence-corrected chi connectivity index (χ1v) is 5.38. The minimum Gasteiger partial charge on any atom is -0.481 e. The Labute approximate surface area is 93.9 Å². The molecular weight excluding hydrogens is 208 g/mol. The van der Waals surface area contributed by atoms with E-state index in [9.17, 15) is 4.79 Å². The Kier molecular flexibility index (Phi) is 2.91. The van der Waals surface area contributed by atoms with Gasteiger partial charge >= 0.3 is 5.97 Å². The van der Waals surface area contributed by atoms with Gasteiger partial charge in [0.1, 0.15) is 11.6 Å². The fraction of sp³-hybridized carbons (Fsp3) is 0.700. The lowest BCUT2D eigenvalue weighted by atomic mass is 10.1. The van der Waals surface area contributed by atoms with E-state index < -0.39 is 5.97 Å². The summed E-state index contributed by atoms with van der Waals surface area (Å²) in [4.78, 5) is 12.9. The van der Waals surface area contributed by atoms with E-state index in [2.05, 4.69) is 15.1 Å². The second kappa shape index (κ2) is 4.21. The van der Waals surface area contributed by atoms with Gasteiger partial charge in [0.05, 0.1) is 12.5 Å². The monoisotopic (exact) mass is 224 g/mol. The molecule has 0 saturated carbocycles. The molecule has 1 saturated heterocycles. The number of hydrogen-bond donors (Lipinski definition) is 1. The number of carboxylic acids is 1. The second-order valence-corrected chi connectivity index (χ2v) is 4.28. The molecule has 1 aromatic rings. The van der Waals surface area contributed by atoms with Crippen molar-refractivity contribution in [3.63, 3.8) is 0 Å². The Morgan fingerprint density at radius 2 is 2.31 bits per heavy atom. The molecule has 0 radical (unpaired) electrons. The lowest BCUT2D eigenvalue weighted by molar-refractivity contribution is -0.141. The largest absolute Gasteiger partial charge is 0.481 e. The summed E-state index contributed by atoms with van der Waals surface area (Å²) in [7, 11) is 1.93. The third kappa shape index (κ3) is 2.06. The maximum absolute atomic E-state index is 10.8. The van der Waals surface area contributed by atoms with Crippen LogP contribution in [0.5, 0.6) is 0 Å². The molecule has 1 aromatic heterocycles. The van der Waals surface area contributed by atoms with Gasteiger partial charge in [-0.05, 0) is 19.9 Å². The molecule has 1 atom stereocenters. The molecule has 1 unspecified atom stereocenters. The lowest BCUT2D eigenvalue weighted by Crippen LogP contribution is -2.24. The number of aliphatic carboxylic acids is 1. The quantitative estimate of drug-likeness (QED) is 0.784. The van der Waals surface area contributed by atoms with E-state index in [0.717, 1.165) is 24.6 Å². The van der Waals surface area contributed by atoms with Crippen LogP contribution in [0.3, 0.4) is 0 Å². The molecular formula is C10H16N4O2. The standard InChI is InChI=1S/C10H16N4O2/c1-7-11-12-9(13(7)2)6-14-4-3-8(5-14)10(15)16/h8H,3-6H2,1-2H3,(H,15,16). The highest BCUT2D eigenvalue weighted by atomic mass is 16.4. The molecule has 88 valence electrons. The van der Waals surface area contributed by atoms with Gasteiger partial charge in [0.15, 0.2) is 0 Å². The van der Waals surface area contributed by atoms with Crippen molar-refractivity contribution >= 4 is 5.97 Å². The Bertz CT molecular complexity index is 402. The Balaban J connectivity index is 1.97. The number of aryl methyl sites for hydroxylation is 1. The topological polar surface area (TPSA) is 71.2 Å².